The molecule has 1 aliphatic heterocycles. The summed E-state index contributed by atoms with van der Waals surface area (Å²) in [5, 5.41) is 0.183. The molecule has 204 valence electrons. The Kier molecular flexibility index (Phi) is 5.69. The largest absolute Gasteiger partial charge is 0.351 e. The molecule has 0 radical (unpaired) electrons. The maximum absolute atomic E-state index is 15.1. The Labute approximate surface area is 225 Å². The first-order valence-corrected chi connectivity index (χ1v) is 14.1. The summed E-state index contributed by atoms with van der Waals surface area (Å²) < 4.78 is 44.4. The highest BCUT2D eigenvalue weighted by Crippen LogP contribution is 2.61. The van der Waals surface area contributed by atoms with E-state index in [-0.39, 0.29) is 46.1 Å². The predicted octanol–water partition coefficient (Wildman–Crippen LogP) is 6.39. The van der Waals surface area contributed by atoms with Gasteiger partial charge in [0.25, 0.3) is 0 Å². The van der Waals surface area contributed by atoms with E-state index in [0.29, 0.717) is 36.4 Å². The Balaban J connectivity index is 1.34. The number of hydrogen-bond acceptors (Lipinski definition) is 4. The zero-order valence-corrected chi connectivity index (χ0v) is 22.0. The van der Waals surface area contributed by atoms with Gasteiger partial charge in [-0.2, -0.15) is 0 Å². The molecule has 0 amide bonds. The molecule has 8 rings (SSSR count). The van der Waals surface area contributed by atoms with Crippen LogP contribution in [0.3, 0.4) is 0 Å². The average molecular weight is 536 g/mol. The van der Waals surface area contributed by atoms with Crippen molar-refractivity contribution in [2.75, 3.05) is 11.4 Å². The van der Waals surface area contributed by atoms with Gasteiger partial charge >= 0.3 is 0 Å². The molecule has 8 heteroatoms. The molecule has 0 unspecified atom stereocenters. The number of carbonyl (C=O) groups is 1. The van der Waals surface area contributed by atoms with Crippen LogP contribution >= 0.6 is 0 Å². The second-order valence-electron chi connectivity index (χ2n) is 12.7. The molecule has 1 saturated heterocycles. The Bertz CT molecular complexity index is 1510. The number of rotatable bonds is 5. The standard InChI is InChI=1S/C31H32F3N3O2/c1-17-6-22(33)15-36(17)28-5-3-23-29(39)24(16-37(30(23)35-28)26-4-2-21(32)10-25(26)34)27(38)14-31-11-18-7-19(12-31)9-20(8-18)13-31/h2-5,10,16-20,22H,6-9,11-15H2,1H3/t17-,18?,19?,20?,22+,31?/m1/s1. The number of Topliss-reactive ketones (excluding diaryl/α,β-unsaturated/α-hetero) is 1. The quantitative estimate of drug-likeness (QED) is 0.355. The van der Waals surface area contributed by atoms with Crippen LogP contribution < -0.4 is 10.3 Å². The third-order valence-corrected chi connectivity index (χ3v) is 9.82. The van der Waals surface area contributed by atoms with Crippen molar-refractivity contribution < 1.29 is 18.0 Å². The summed E-state index contributed by atoms with van der Waals surface area (Å²) in [5.41, 5.74) is -0.335. The van der Waals surface area contributed by atoms with Crippen LogP contribution in [-0.2, 0) is 0 Å². The second kappa shape index (κ2) is 8.93. The minimum absolute atomic E-state index is 0.00672. The van der Waals surface area contributed by atoms with Gasteiger partial charge in [0.2, 0.25) is 5.43 Å². The highest BCUT2D eigenvalue weighted by Gasteiger charge is 2.51. The van der Waals surface area contributed by atoms with Crippen LogP contribution in [-0.4, -0.2) is 34.1 Å². The lowest BCUT2D eigenvalue weighted by molar-refractivity contribution is -0.0524. The number of fused-ring (bicyclic) bond motifs is 1. The molecular formula is C31H32F3N3O2. The van der Waals surface area contributed by atoms with Crippen molar-refractivity contribution in [3.63, 3.8) is 0 Å². The average Bonchev–Trinajstić information content (AvgIpc) is 3.21. The second-order valence-corrected chi connectivity index (χ2v) is 12.7. The van der Waals surface area contributed by atoms with Crippen molar-refractivity contribution in [3.05, 3.63) is 63.9 Å². The molecule has 4 bridgehead atoms. The van der Waals surface area contributed by atoms with Crippen molar-refractivity contribution in [2.45, 2.75) is 70.5 Å². The number of alkyl halides is 1. The summed E-state index contributed by atoms with van der Waals surface area (Å²) in [6, 6.07) is 6.37. The maximum atomic E-state index is 15.1. The van der Waals surface area contributed by atoms with Gasteiger partial charge in [-0.15, -0.1) is 0 Å². The summed E-state index contributed by atoms with van der Waals surface area (Å²) in [4.78, 5) is 34.1. The smallest absolute Gasteiger partial charge is 0.201 e. The van der Waals surface area contributed by atoms with Crippen LogP contribution in [0, 0.1) is 34.8 Å². The Hall–Kier alpha value is -3.16. The monoisotopic (exact) mass is 535 g/mol. The summed E-state index contributed by atoms with van der Waals surface area (Å²) >= 11 is 0. The van der Waals surface area contributed by atoms with E-state index in [1.165, 1.54) is 36.1 Å². The fraction of sp³-hybridized carbons (Fsp3) is 0.516. The van der Waals surface area contributed by atoms with Crippen molar-refractivity contribution >= 4 is 22.6 Å². The van der Waals surface area contributed by atoms with Crippen LogP contribution in [0.25, 0.3) is 16.7 Å². The van der Waals surface area contributed by atoms with Crippen LogP contribution in [0.1, 0.15) is 68.6 Å². The Morgan fingerprint density at radius 2 is 1.72 bits per heavy atom. The van der Waals surface area contributed by atoms with Gasteiger partial charge < -0.3 is 4.90 Å². The molecule has 5 aliphatic rings. The van der Waals surface area contributed by atoms with E-state index in [9.17, 15) is 18.4 Å². The third-order valence-electron chi connectivity index (χ3n) is 9.82. The maximum Gasteiger partial charge on any atom is 0.201 e. The highest BCUT2D eigenvalue weighted by molar-refractivity contribution is 5.99. The molecule has 5 nitrogen and oxygen atoms in total. The Morgan fingerprint density at radius 1 is 1.03 bits per heavy atom. The van der Waals surface area contributed by atoms with E-state index >= 15 is 4.39 Å². The molecule has 3 heterocycles. The zero-order valence-electron chi connectivity index (χ0n) is 22.0. The van der Waals surface area contributed by atoms with Crippen molar-refractivity contribution in [1.29, 1.82) is 0 Å². The van der Waals surface area contributed by atoms with Crippen molar-refractivity contribution in [2.24, 2.45) is 23.2 Å². The van der Waals surface area contributed by atoms with E-state index in [2.05, 4.69) is 4.98 Å². The van der Waals surface area contributed by atoms with E-state index < -0.39 is 23.2 Å². The molecule has 3 aromatic rings. The number of halogens is 3. The van der Waals surface area contributed by atoms with Gasteiger partial charge in [-0.1, -0.05) is 0 Å². The number of aromatic nitrogens is 2. The number of pyridine rings is 2. The van der Waals surface area contributed by atoms with Crippen LogP contribution in [0.2, 0.25) is 0 Å². The molecule has 0 spiro atoms. The van der Waals surface area contributed by atoms with E-state index in [1.54, 1.807) is 12.1 Å². The first-order valence-electron chi connectivity index (χ1n) is 14.1. The predicted molar refractivity (Wildman–Crippen MR) is 143 cm³/mol. The molecule has 0 N–H and O–H groups in total. The van der Waals surface area contributed by atoms with Gasteiger partial charge in [0.05, 0.1) is 23.2 Å². The molecule has 2 aromatic heterocycles. The SMILES string of the molecule is C[C@@H]1C[C@H](F)CN1c1ccc2c(=O)c(C(=O)CC34CC5CC(CC(C5)C3)C4)cn(-c3ccc(F)cc3F)c2n1. The number of anilines is 1. The normalized spacial score (nSPS) is 31.4. The van der Waals surface area contributed by atoms with Gasteiger partial charge in [0.1, 0.15) is 23.6 Å². The summed E-state index contributed by atoms with van der Waals surface area (Å²) in [5.74, 6) is 0.703. The molecule has 2 atom stereocenters. The molecule has 4 saturated carbocycles. The van der Waals surface area contributed by atoms with Crippen LogP contribution in [0.15, 0.2) is 41.3 Å². The first kappa shape index (κ1) is 24.9. The molecule has 4 aliphatic carbocycles. The van der Waals surface area contributed by atoms with Gasteiger partial charge in [-0.25, -0.2) is 18.2 Å². The highest BCUT2D eigenvalue weighted by atomic mass is 19.1. The topological polar surface area (TPSA) is 55.2 Å². The van der Waals surface area contributed by atoms with Crippen molar-refractivity contribution in [3.8, 4) is 5.69 Å². The van der Waals surface area contributed by atoms with Gasteiger partial charge in [-0.3, -0.25) is 14.2 Å². The summed E-state index contributed by atoms with van der Waals surface area (Å²) in [7, 11) is 0. The number of ketones is 1. The number of benzene rings is 1. The molecule has 39 heavy (non-hydrogen) atoms. The zero-order chi connectivity index (χ0) is 27.1. The van der Waals surface area contributed by atoms with Crippen LogP contribution in [0.4, 0.5) is 19.0 Å². The van der Waals surface area contributed by atoms with E-state index in [1.807, 2.05) is 11.8 Å². The minimum atomic E-state index is -0.987. The number of hydrogen-bond donors (Lipinski definition) is 0. The van der Waals surface area contributed by atoms with E-state index in [0.717, 1.165) is 31.4 Å². The molecule has 5 fully saturated rings. The van der Waals surface area contributed by atoms with Crippen molar-refractivity contribution in [1.82, 2.24) is 9.55 Å². The lowest BCUT2D eigenvalue weighted by Crippen LogP contribution is -2.47. The van der Waals surface area contributed by atoms with Gasteiger partial charge in [0.15, 0.2) is 11.4 Å². The third kappa shape index (κ3) is 4.18. The van der Waals surface area contributed by atoms with Gasteiger partial charge in [-0.05, 0) is 92.9 Å². The summed E-state index contributed by atoms with van der Waals surface area (Å²) in [6.07, 6.45) is 7.96. The molecular weight excluding hydrogens is 503 g/mol. The first-order chi connectivity index (χ1) is 18.7. The lowest BCUT2D eigenvalue weighted by Gasteiger charge is -2.56. The van der Waals surface area contributed by atoms with E-state index in [4.69, 9.17) is 0 Å². The van der Waals surface area contributed by atoms with Crippen LogP contribution in [0.5, 0.6) is 0 Å². The lowest BCUT2D eigenvalue weighted by atomic mass is 9.48. The fourth-order valence-electron chi connectivity index (χ4n) is 8.64. The number of carbonyl (C=O) groups excluding carboxylic acids is 1. The Morgan fingerprint density at radius 3 is 2.33 bits per heavy atom. The number of nitrogens with zero attached hydrogens (tertiary/aromatic N) is 3. The van der Waals surface area contributed by atoms with Gasteiger partial charge in [0, 0.05) is 31.1 Å². The molecule has 1 aromatic carbocycles. The minimum Gasteiger partial charge on any atom is -0.351 e. The summed E-state index contributed by atoms with van der Waals surface area (Å²) in [6.45, 7) is 2.08. The fourth-order valence-corrected chi connectivity index (χ4v) is 8.64.